The second-order valence-electron chi connectivity index (χ2n) is 11.4. The molecule has 4 aliphatic carbocycles. The second kappa shape index (κ2) is 10.2. The Morgan fingerprint density at radius 1 is 0.533 bits per heavy atom. The Labute approximate surface area is 185 Å². The van der Waals surface area contributed by atoms with Gasteiger partial charge in [0.05, 0.1) is 12.0 Å². The summed E-state index contributed by atoms with van der Waals surface area (Å²) in [6, 6.07) is 0. The summed E-state index contributed by atoms with van der Waals surface area (Å²) in [6.07, 6.45) is 30.1. The summed E-state index contributed by atoms with van der Waals surface area (Å²) in [5.41, 5.74) is 3.13. The number of H-pyrrole nitrogens is 1. The molecule has 1 aromatic heterocycles. The monoisotopic (exact) mass is 410 g/mol. The van der Waals surface area contributed by atoms with Crippen molar-refractivity contribution >= 4 is 0 Å². The fraction of sp³-hybridized carbons (Fsp3) is 0.893. The van der Waals surface area contributed by atoms with Crippen molar-refractivity contribution in [2.45, 2.75) is 134 Å². The summed E-state index contributed by atoms with van der Waals surface area (Å²) in [4.78, 5) is 8.80. The van der Waals surface area contributed by atoms with E-state index in [0.29, 0.717) is 0 Å². The summed E-state index contributed by atoms with van der Waals surface area (Å²) in [5.74, 6) is 5.32. The number of hydrogen-bond acceptors (Lipinski definition) is 1. The zero-order valence-electron chi connectivity index (χ0n) is 19.4. The van der Waals surface area contributed by atoms with E-state index < -0.39 is 0 Å². The molecule has 0 radical (unpaired) electrons. The minimum Gasteiger partial charge on any atom is -0.348 e. The van der Waals surface area contributed by atoms with E-state index >= 15 is 0 Å². The number of fused-ring (bicyclic) bond motifs is 3. The van der Waals surface area contributed by atoms with E-state index in [9.17, 15) is 0 Å². The van der Waals surface area contributed by atoms with E-state index in [0.717, 1.165) is 35.5 Å². The number of aromatic nitrogens is 2. The first-order valence-electron chi connectivity index (χ1n) is 14.0. The highest BCUT2D eigenvalue weighted by molar-refractivity contribution is 5.28. The summed E-state index contributed by atoms with van der Waals surface area (Å²) in [7, 11) is 0. The molecule has 1 aromatic rings. The van der Waals surface area contributed by atoms with Gasteiger partial charge in [-0.3, -0.25) is 0 Å². The SMILES string of the molecule is c1nc2c([nH]1)C1CCCCCCCC3CCCCCC4CCCCCCCC2C4C31. The van der Waals surface area contributed by atoms with Gasteiger partial charge < -0.3 is 4.98 Å². The molecule has 0 aromatic carbocycles. The smallest absolute Gasteiger partial charge is 0.0925 e. The predicted octanol–water partition coefficient (Wildman–Crippen LogP) is 8.51. The molecule has 3 fully saturated rings. The first-order valence-corrected chi connectivity index (χ1v) is 14.0. The molecule has 2 heteroatoms. The Morgan fingerprint density at radius 2 is 0.967 bits per heavy atom. The van der Waals surface area contributed by atoms with Crippen molar-refractivity contribution in [1.29, 1.82) is 0 Å². The topological polar surface area (TPSA) is 28.7 Å². The lowest BCUT2D eigenvalue weighted by molar-refractivity contribution is 0.0595. The maximum Gasteiger partial charge on any atom is 0.0925 e. The van der Waals surface area contributed by atoms with E-state index in [2.05, 4.69) is 11.3 Å². The maximum atomic E-state index is 5.06. The van der Waals surface area contributed by atoms with Crippen LogP contribution in [-0.2, 0) is 0 Å². The summed E-state index contributed by atoms with van der Waals surface area (Å²) in [6.45, 7) is 0. The van der Waals surface area contributed by atoms with Crippen molar-refractivity contribution in [3.63, 3.8) is 0 Å². The molecular formula is C28H46N2. The summed E-state index contributed by atoms with van der Waals surface area (Å²) >= 11 is 0. The predicted molar refractivity (Wildman–Crippen MR) is 126 cm³/mol. The third-order valence-electron chi connectivity index (χ3n) is 9.71. The maximum absolute atomic E-state index is 5.06. The van der Waals surface area contributed by atoms with Crippen molar-refractivity contribution in [2.24, 2.45) is 23.7 Å². The number of hydrogen-bond donors (Lipinski definition) is 1. The molecule has 3 saturated carbocycles. The summed E-state index contributed by atoms with van der Waals surface area (Å²) < 4.78 is 0. The molecule has 0 aliphatic heterocycles. The van der Waals surface area contributed by atoms with Crippen LogP contribution in [0.1, 0.15) is 145 Å². The Morgan fingerprint density at radius 3 is 1.57 bits per heavy atom. The van der Waals surface area contributed by atoms with Crippen molar-refractivity contribution in [2.75, 3.05) is 0 Å². The van der Waals surface area contributed by atoms with Gasteiger partial charge in [-0.05, 0) is 36.5 Å². The zero-order chi connectivity index (χ0) is 20.2. The second-order valence-corrected chi connectivity index (χ2v) is 11.4. The lowest BCUT2D eigenvalue weighted by atomic mass is 9.55. The lowest BCUT2D eigenvalue weighted by Crippen LogP contribution is -2.42. The van der Waals surface area contributed by atoms with E-state index in [1.807, 2.05) is 0 Å². The lowest BCUT2D eigenvalue weighted by Gasteiger charge is -2.50. The van der Waals surface area contributed by atoms with Crippen LogP contribution < -0.4 is 0 Å². The van der Waals surface area contributed by atoms with Gasteiger partial charge in [-0.25, -0.2) is 4.98 Å². The Balaban J connectivity index is 1.59. The molecule has 0 saturated heterocycles. The van der Waals surface area contributed by atoms with Gasteiger partial charge in [0.25, 0.3) is 0 Å². The fourth-order valence-electron chi connectivity index (χ4n) is 8.42. The molecule has 0 spiro atoms. The Hall–Kier alpha value is -0.790. The van der Waals surface area contributed by atoms with Crippen LogP contribution in [0.2, 0.25) is 0 Å². The molecule has 0 bridgehead atoms. The van der Waals surface area contributed by atoms with Gasteiger partial charge in [0.15, 0.2) is 0 Å². The Bertz CT molecular complexity index is 596. The molecule has 1 heterocycles. The van der Waals surface area contributed by atoms with Crippen LogP contribution in [0.4, 0.5) is 0 Å². The molecule has 6 unspecified atom stereocenters. The van der Waals surface area contributed by atoms with Crippen LogP contribution in [0.25, 0.3) is 0 Å². The molecule has 4 aliphatic rings. The number of nitrogens with one attached hydrogen (secondary N) is 1. The molecule has 1 N–H and O–H groups in total. The van der Waals surface area contributed by atoms with Crippen molar-refractivity contribution in [3.8, 4) is 0 Å². The normalized spacial score (nSPS) is 38.8. The van der Waals surface area contributed by atoms with Crippen molar-refractivity contribution < 1.29 is 0 Å². The molecule has 30 heavy (non-hydrogen) atoms. The van der Waals surface area contributed by atoms with E-state index in [4.69, 9.17) is 4.98 Å². The highest BCUT2D eigenvalue weighted by Crippen LogP contribution is 2.58. The van der Waals surface area contributed by atoms with E-state index in [1.54, 1.807) is 5.69 Å². The first-order chi connectivity index (χ1) is 14.9. The van der Waals surface area contributed by atoms with Gasteiger partial charge >= 0.3 is 0 Å². The minimum atomic E-state index is 0.749. The highest BCUT2D eigenvalue weighted by Gasteiger charge is 2.49. The summed E-state index contributed by atoms with van der Waals surface area (Å²) in [5, 5.41) is 0. The molecular weight excluding hydrogens is 364 g/mol. The fourth-order valence-corrected chi connectivity index (χ4v) is 8.42. The van der Waals surface area contributed by atoms with Gasteiger partial charge in [-0.15, -0.1) is 0 Å². The third-order valence-corrected chi connectivity index (χ3v) is 9.71. The third kappa shape index (κ3) is 4.40. The molecule has 5 rings (SSSR count). The number of nitrogens with zero attached hydrogens (tertiary/aromatic N) is 1. The number of rotatable bonds is 0. The van der Waals surface area contributed by atoms with Gasteiger partial charge in [0, 0.05) is 17.5 Å². The van der Waals surface area contributed by atoms with E-state index in [1.165, 1.54) is 128 Å². The zero-order valence-corrected chi connectivity index (χ0v) is 19.4. The van der Waals surface area contributed by atoms with Crippen LogP contribution in [0, 0.1) is 23.7 Å². The van der Waals surface area contributed by atoms with Gasteiger partial charge in [0.2, 0.25) is 0 Å². The van der Waals surface area contributed by atoms with Crippen LogP contribution in [0.5, 0.6) is 0 Å². The van der Waals surface area contributed by atoms with Crippen molar-refractivity contribution in [1.82, 2.24) is 9.97 Å². The molecule has 168 valence electrons. The number of imidazole rings is 1. The molecule has 6 atom stereocenters. The molecule has 0 amide bonds. The van der Waals surface area contributed by atoms with Crippen LogP contribution in [0.3, 0.4) is 0 Å². The standard InChI is InChI=1S/C28H46N2/c1-3-8-14-21-16-10-7-11-17-22-15-9-4-2-6-13-19-24-26(22)25(21)23(18-12-5-1)27-28(24)30-20-29-27/h20-26H,1-19H2,(H,29,30). The average Bonchev–Trinajstić information content (AvgIpc) is 3.27. The van der Waals surface area contributed by atoms with Gasteiger partial charge in [-0.2, -0.15) is 0 Å². The quantitative estimate of drug-likeness (QED) is 0.456. The van der Waals surface area contributed by atoms with Gasteiger partial charge in [-0.1, -0.05) is 109 Å². The number of aromatic amines is 1. The largest absolute Gasteiger partial charge is 0.348 e. The first kappa shape index (κ1) is 21.1. The Kier molecular flexibility index (Phi) is 7.18. The van der Waals surface area contributed by atoms with Gasteiger partial charge in [0.1, 0.15) is 0 Å². The highest BCUT2D eigenvalue weighted by atomic mass is 14.9. The van der Waals surface area contributed by atoms with Crippen molar-refractivity contribution in [3.05, 3.63) is 17.7 Å². The van der Waals surface area contributed by atoms with E-state index in [-0.39, 0.29) is 0 Å². The van der Waals surface area contributed by atoms with Crippen LogP contribution >= 0.6 is 0 Å². The molecule has 2 nitrogen and oxygen atoms in total. The van der Waals surface area contributed by atoms with Crippen LogP contribution in [-0.4, -0.2) is 9.97 Å². The average molecular weight is 411 g/mol. The van der Waals surface area contributed by atoms with Crippen LogP contribution in [0.15, 0.2) is 6.33 Å². The minimum absolute atomic E-state index is 0.749.